The molecule has 0 saturated heterocycles. The highest BCUT2D eigenvalue weighted by molar-refractivity contribution is 6.33. The number of nitrogens with zero attached hydrogens (tertiary/aromatic N) is 1. The summed E-state index contributed by atoms with van der Waals surface area (Å²) in [6, 6.07) is 3.88. The lowest BCUT2D eigenvalue weighted by Crippen LogP contribution is -2.50. The molecule has 1 atom stereocenters. The van der Waals surface area contributed by atoms with Crippen molar-refractivity contribution in [3.05, 3.63) is 33.3 Å². The second kappa shape index (κ2) is 4.79. The predicted molar refractivity (Wildman–Crippen MR) is 72.1 cm³/mol. The first kappa shape index (κ1) is 13.8. The molecule has 6 nitrogen and oxygen atoms in total. The van der Waals surface area contributed by atoms with Crippen LogP contribution in [0.4, 0.5) is 11.4 Å². The third kappa shape index (κ3) is 2.85. The topological polar surface area (TPSA) is 98.3 Å². The number of nitrogens with one attached hydrogen (secondary N) is 1. The van der Waals surface area contributed by atoms with Crippen molar-refractivity contribution in [1.29, 1.82) is 0 Å². The summed E-state index contributed by atoms with van der Waals surface area (Å²) in [5, 5.41) is 13.5. The van der Waals surface area contributed by atoms with E-state index in [-0.39, 0.29) is 28.2 Å². The van der Waals surface area contributed by atoms with Crippen molar-refractivity contribution in [2.45, 2.75) is 25.3 Å². The average Bonchev–Trinajstić information content (AvgIpc) is 3.15. The number of nitro benzene ring substituents is 1. The largest absolute Gasteiger partial charge is 0.323 e. The van der Waals surface area contributed by atoms with Crippen LogP contribution in [0.2, 0.25) is 5.02 Å². The maximum Gasteiger partial charge on any atom is 0.271 e. The lowest BCUT2D eigenvalue weighted by atomic mass is 9.96. The second-order valence-electron chi connectivity index (χ2n) is 4.93. The number of nitro groups is 1. The van der Waals surface area contributed by atoms with Crippen molar-refractivity contribution in [2.75, 3.05) is 5.32 Å². The van der Waals surface area contributed by atoms with Gasteiger partial charge in [-0.05, 0) is 31.7 Å². The van der Waals surface area contributed by atoms with Crippen LogP contribution in [-0.4, -0.2) is 16.4 Å². The molecule has 1 aliphatic carbocycles. The summed E-state index contributed by atoms with van der Waals surface area (Å²) in [5.74, 6) is -0.220. The molecule has 1 aromatic rings. The highest BCUT2D eigenvalue weighted by atomic mass is 35.5. The second-order valence-corrected chi connectivity index (χ2v) is 5.34. The Balaban J connectivity index is 2.20. The third-order valence-electron chi connectivity index (χ3n) is 3.32. The zero-order chi connectivity index (χ0) is 14.2. The monoisotopic (exact) mass is 283 g/mol. The van der Waals surface area contributed by atoms with Gasteiger partial charge in [0.15, 0.2) is 0 Å². The highest BCUT2D eigenvalue weighted by Gasteiger charge is 2.44. The molecule has 7 heteroatoms. The number of hydrogen-bond acceptors (Lipinski definition) is 4. The number of rotatable bonds is 4. The first-order valence-electron chi connectivity index (χ1n) is 5.86. The minimum Gasteiger partial charge on any atom is -0.323 e. The minimum absolute atomic E-state index is 0.134. The van der Waals surface area contributed by atoms with Gasteiger partial charge in [0.2, 0.25) is 5.91 Å². The number of benzene rings is 1. The van der Waals surface area contributed by atoms with E-state index in [0.29, 0.717) is 0 Å². The van der Waals surface area contributed by atoms with Gasteiger partial charge in [-0.1, -0.05) is 11.6 Å². The van der Waals surface area contributed by atoms with E-state index in [4.69, 9.17) is 17.3 Å². The lowest BCUT2D eigenvalue weighted by Gasteiger charge is -2.23. The van der Waals surface area contributed by atoms with Gasteiger partial charge in [0.05, 0.1) is 21.2 Å². The average molecular weight is 284 g/mol. The maximum absolute atomic E-state index is 12.1. The van der Waals surface area contributed by atoms with Gasteiger partial charge in [0.1, 0.15) is 0 Å². The minimum atomic E-state index is -0.978. The molecule has 0 spiro atoms. The fourth-order valence-electron chi connectivity index (χ4n) is 1.85. The molecule has 1 unspecified atom stereocenters. The van der Waals surface area contributed by atoms with E-state index in [9.17, 15) is 14.9 Å². The smallest absolute Gasteiger partial charge is 0.271 e. The summed E-state index contributed by atoms with van der Waals surface area (Å²) >= 11 is 5.91. The molecule has 2 rings (SSSR count). The molecule has 19 heavy (non-hydrogen) atoms. The molecule has 0 radical (unpaired) electrons. The molecule has 1 aliphatic rings. The van der Waals surface area contributed by atoms with E-state index in [1.54, 1.807) is 6.92 Å². The highest BCUT2D eigenvalue weighted by Crippen LogP contribution is 2.39. The number of non-ortho nitro benzene ring substituents is 1. The fraction of sp³-hybridized carbons (Fsp3) is 0.417. The van der Waals surface area contributed by atoms with Crippen LogP contribution in [0.3, 0.4) is 0 Å². The van der Waals surface area contributed by atoms with Gasteiger partial charge in [-0.3, -0.25) is 14.9 Å². The molecule has 3 N–H and O–H groups in total. The number of hydrogen-bond donors (Lipinski definition) is 2. The molecule has 1 saturated carbocycles. The Morgan fingerprint density at radius 1 is 1.58 bits per heavy atom. The summed E-state index contributed by atoms with van der Waals surface area (Å²) in [4.78, 5) is 22.2. The molecule has 102 valence electrons. The van der Waals surface area contributed by atoms with Gasteiger partial charge in [0.25, 0.3) is 5.69 Å². The van der Waals surface area contributed by atoms with Crippen molar-refractivity contribution in [3.8, 4) is 0 Å². The maximum atomic E-state index is 12.1. The first-order chi connectivity index (χ1) is 8.82. The van der Waals surface area contributed by atoms with Crippen LogP contribution in [-0.2, 0) is 4.79 Å². The van der Waals surface area contributed by atoms with Crippen molar-refractivity contribution >= 4 is 28.9 Å². The van der Waals surface area contributed by atoms with Crippen LogP contribution in [0.25, 0.3) is 0 Å². The Hall–Kier alpha value is -1.66. The number of halogens is 1. The van der Waals surface area contributed by atoms with Crippen LogP contribution in [0.1, 0.15) is 19.8 Å². The normalized spacial score (nSPS) is 17.6. The molecule has 1 aromatic carbocycles. The van der Waals surface area contributed by atoms with Crippen LogP contribution in [0.5, 0.6) is 0 Å². The van der Waals surface area contributed by atoms with Crippen molar-refractivity contribution in [1.82, 2.24) is 0 Å². The molecule has 0 aliphatic heterocycles. The molecule has 0 bridgehead atoms. The van der Waals surface area contributed by atoms with Gasteiger partial charge in [-0.2, -0.15) is 0 Å². The first-order valence-corrected chi connectivity index (χ1v) is 6.24. The molecular formula is C12H14ClN3O3. The summed E-state index contributed by atoms with van der Waals surface area (Å²) in [7, 11) is 0. The van der Waals surface area contributed by atoms with Gasteiger partial charge in [-0.25, -0.2) is 0 Å². The SMILES string of the molecule is CC(N)(C(=O)Nc1cc([N+](=O)[O-])ccc1Cl)C1CC1. The number of amides is 1. The quantitative estimate of drug-likeness (QED) is 0.654. The van der Waals surface area contributed by atoms with Gasteiger partial charge in [0, 0.05) is 12.1 Å². The molecule has 0 aromatic heterocycles. The number of anilines is 1. The van der Waals surface area contributed by atoms with E-state index in [0.717, 1.165) is 12.8 Å². The Bertz CT molecular complexity index is 541. The van der Waals surface area contributed by atoms with E-state index in [1.807, 2.05) is 0 Å². The van der Waals surface area contributed by atoms with E-state index >= 15 is 0 Å². The van der Waals surface area contributed by atoms with Crippen LogP contribution in [0, 0.1) is 16.0 Å². The molecule has 0 heterocycles. The van der Waals surface area contributed by atoms with E-state index in [1.165, 1.54) is 18.2 Å². The molecule has 1 fully saturated rings. The Morgan fingerprint density at radius 2 is 2.21 bits per heavy atom. The van der Waals surface area contributed by atoms with Crippen LogP contribution < -0.4 is 11.1 Å². The van der Waals surface area contributed by atoms with Crippen LogP contribution >= 0.6 is 11.6 Å². The zero-order valence-corrected chi connectivity index (χ0v) is 11.1. The molecular weight excluding hydrogens is 270 g/mol. The predicted octanol–water partition coefficient (Wildman–Crippen LogP) is 2.31. The van der Waals surface area contributed by atoms with Gasteiger partial charge < -0.3 is 11.1 Å². The number of nitrogens with two attached hydrogens (primary N) is 1. The Kier molecular flexibility index (Phi) is 3.47. The zero-order valence-electron chi connectivity index (χ0n) is 10.4. The number of carbonyl (C=O) groups excluding carboxylic acids is 1. The standard InChI is InChI=1S/C12H14ClN3O3/c1-12(14,7-2-3-7)11(17)15-10-6-8(16(18)19)4-5-9(10)13/h4-7H,2-3,14H2,1H3,(H,15,17). The third-order valence-corrected chi connectivity index (χ3v) is 3.65. The fourth-order valence-corrected chi connectivity index (χ4v) is 2.01. The van der Waals surface area contributed by atoms with E-state index < -0.39 is 10.5 Å². The van der Waals surface area contributed by atoms with Crippen molar-refractivity contribution < 1.29 is 9.72 Å². The van der Waals surface area contributed by atoms with E-state index in [2.05, 4.69) is 5.32 Å². The van der Waals surface area contributed by atoms with Gasteiger partial charge >= 0.3 is 0 Å². The van der Waals surface area contributed by atoms with Gasteiger partial charge in [-0.15, -0.1) is 0 Å². The Labute approximate surface area is 115 Å². The Morgan fingerprint density at radius 3 is 2.74 bits per heavy atom. The lowest BCUT2D eigenvalue weighted by molar-refractivity contribution is -0.384. The summed E-state index contributed by atoms with van der Waals surface area (Å²) in [6.07, 6.45) is 1.84. The summed E-state index contributed by atoms with van der Waals surface area (Å²) < 4.78 is 0. The summed E-state index contributed by atoms with van der Waals surface area (Å²) in [6.45, 7) is 1.66. The summed E-state index contributed by atoms with van der Waals surface area (Å²) in [5.41, 5.74) is 5.07. The van der Waals surface area contributed by atoms with Crippen molar-refractivity contribution in [3.63, 3.8) is 0 Å². The van der Waals surface area contributed by atoms with Crippen LogP contribution in [0.15, 0.2) is 18.2 Å². The number of carbonyl (C=O) groups is 1. The molecule has 1 amide bonds. The van der Waals surface area contributed by atoms with Crippen molar-refractivity contribution in [2.24, 2.45) is 11.7 Å².